The van der Waals surface area contributed by atoms with E-state index in [9.17, 15) is 44.7 Å². The van der Waals surface area contributed by atoms with E-state index in [4.69, 9.17) is 11.6 Å². The van der Waals surface area contributed by atoms with E-state index in [1.165, 1.54) is 6.07 Å². The highest BCUT2D eigenvalue weighted by Gasteiger charge is 2.73. The molecular formula is C25H16ClF9N2O2. The lowest BCUT2D eigenvalue weighted by molar-refractivity contribution is -0.348. The lowest BCUT2D eigenvalue weighted by atomic mass is 9.90. The number of carbonyl (C=O) groups excluding carboxylic acids is 2. The highest BCUT2D eigenvalue weighted by molar-refractivity contribution is 6.30. The second kappa shape index (κ2) is 10.4. The number of benzene rings is 3. The van der Waals surface area contributed by atoms with Gasteiger partial charge >= 0.3 is 18.0 Å². The van der Waals surface area contributed by atoms with Crippen LogP contribution in [0.4, 0.5) is 50.9 Å². The quantitative estimate of drug-likeness (QED) is 0.299. The first-order valence-corrected chi connectivity index (χ1v) is 11.1. The summed E-state index contributed by atoms with van der Waals surface area (Å²) < 4.78 is 122. The van der Waals surface area contributed by atoms with Gasteiger partial charge in [0.15, 0.2) is 5.82 Å². The Bertz CT molecular complexity index is 1420. The average Bonchev–Trinajstić information content (AvgIpc) is 2.80. The average molecular weight is 583 g/mol. The summed E-state index contributed by atoms with van der Waals surface area (Å²) >= 11 is 5.63. The number of rotatable bonds is 5. The van der Waals surface area contributed by atoms with Crippen LogP contribution in [0.15, 0.2) is 48.5 Å². The van der Waals surface area contributed by atoms with Gasteiger partial charge in [-0.25, -0.2) is 13.2 Å². The maximum atomic E-state index is 15.1. The monoisotopic (exact) mass is 582 g/mol. The summed E-state index contributed by atoms with van der Waals surface area (Å²) in [6.45, 7) is 2.04. The largest absolute Gasteiger partial charge is 0.435 e. The molecule has 0 aromatic heterocycles. The standard InChI is InChI=1S/C25H16ClF9N2O2/c1-11-8-13(23(29,24(30,31)32)25(33,34)35)9-12(2)20(11)37-22(39)16-4-3-5-18(19(16)28)36-21(38)15-7-6-14(26)10-17(15)27/h3-10H,1-2H3,(H,36,38)(H,37,39). The van der Waals surface area contributed by atoms with Crippen molar-refractivity contribution in [2.45, 2.75) is 31.9 Å². The first kappa shape index (κ1) is 29.8. The molecule has 0 spiro atoms. The van der Waals surface area contributed by atoms with Crippen molar-refractivity contribution in [2.24, 2.45) is 0 Å². The Labute approximate surface area is 219 Å². The molecule has 0 saturated heterocycles. The summed E-state index contributed by atoms with van der Waals surface area (Å²) in [6.07, 6.45) is -12.7. The Hall–Kier alpha value is -3.74. The SMILES string of the molecule is Cc1cc(C(F)(C(F)(F)F)C(F)(F)F)cc(C)c1NC(=O)c1cccc(NC(=O)c2ccc(Cl)cc2F)c1F. The van der Waals surface area contributed by atoms with Crippen LogP contribution in [0.3, 0.4) is 0 Å². The third-order valence-electron chi connectivity index (χ3n) is 5.62. The molecule has 208 valence electrons. The second-order valence-corrected chi connectivity index (χ2v) is 8.78. The minimum Gasteiger partial charge on any atom is -0.321 e. The fraction of sp³-hybridized carbons (Fsp3) is 0.200. The van der Waals surface area contributed by atoms with Crippen LogP contribution >= 0.6 is 11.6 Å². The van der Waals surface area contributed by atoms with Crippen LogP contribution in [0.25, 0.3) is 0 Å². The lowest BCUT2D eigenvalue weighted by Gasteiger charge is -2.31. The summed E-state index contributed by atoms with van der Waals surface area (Å²) in [5.74, 6) is -4.55. The molecule has 14 heteroatoms. The zero-order valence-electron chi connectivity index (χ0n) is 19.7. The normalized spacial score (nSPS) is 12.3. The summed E-state index contributed by atoms with van der Waals surface area (Å²) in [4.78, 5) is 25.1. The fourth-order valence-electron chi connectivity index (χ4n) is 3.70. The topological polar surface area (TPSA) is 58.2 Å². The number of hydrogen-bond acceptors (Lipinski definition) is 2. The number of carbonyl (C=O) groups is 2. The van der Waals surface area contributed by atoms with E-state index in [0.29, 0.717) is 0 Å². The molecule has 0 aliphatic rings. The zero-order chi connectivity index (χ0) is 29.5. The Morgan fingerprint density at radius 3 is 1.79 bits per heavy atom. The number of aryl methyl sites for hydroxylation is 2. The van der Waals surface area contributed by atoms with Crippen molar-refractivity contribution >= 4 is 34.8 Å². The van der Waals surface area contributed by atoms with E-state index < -0.39 is 63.8 Å². The molecule has 0 fully saturated rings. The van der Waals surface area contributed by atoms with Gasteiger partial charge in [0.1, 0.15) is 5.82 Å². The van der Waals surface area contributed by atoms with Crippen LogP contribution in [-0.4, -0.2) is 24.2 Å². The van der Waals surface area contributed by atoms with Crippen molar-refractivity contribution in [3.05, 3.63) is 93.0 Å². The van der Waals surface area contributed by atoms with E-state index in [0.717, 1.165) is 44.2 Å². The van der Waals surface area contributed by atoms with Crippen LogP contribution in [0.5, 0.6) is 0 Å². The van der Waals surface area contributed by atoms with Gasteiger partial charge in [-0.2, -0.15) is 26.3 Å². The Morgan fingerprint density at radius 1 is 0.744 bits per heavy atom. The molecule has 0 unspecified atom stereocenters. The highest BCUT2D eigenvalue weighted by Crippen LogP contribution is 2.53. The predicted molar refractivity (Wildman–Crippen MR) is 125 cm³/mol. The van der Waals surface area contributed by atoms with Crippen molar-refractivity contribution in [2.75, 3.05) is 10.6 Å². The van der Waals surface area contributed by atoms with Crippen molar-refractivity contribution in [3.8, 4) is 0 Å². The van der Waals surface area contributed by atoms with Gasteiger partial charge < -0.3 is 10.6 Å². The summed E-state index contributed by atoms with van der Waals surface area (Å²) in [6, 6.07) is 6.84. The minimum absolute atomic E-state index is 0.00142. The Kier molecular flexibility index (Phi) is 7.98. The number of alkyl halides is 7. The molecule has 2 amide bonds. The van der Waals surface area contributed by atoms with Crippen molar-refractivity contribution in [3.63, 3.8) is 0 Å². The molecule has 2 N–H and O–H groups in total. The molecule has 0 saturated carbocycles. The molecule has 4 nitrogen and oxygen atoms in total. The first-order chi connectivity index (χ1) is 17.9. The van der Waals surface area contributed by atoms with Gasteiger partial charge in [0.25, 0.3) is 11.8 Å². The maximum absolute atomic E-state index is 15.1. The maximum Gasteiger partial charge on any atom is 0.435 e. The van der Waals surface area contributed by atoms with Crippen LogP contribution < -0.4 is 10.6 Å². The smallest absolute Gasteiger partial charge is 0.321 e. The molecule has 0 heterocycles. The minimum atomic E-state index is -6.34. The molecule has 39 heavy (non-hydrogen) atoms. The molecular weight excluding hydrogens is 567 g/mol. The van der Waals surface area contributed by atoms with Gasteiger partial charge in [-0.15, -0.1) is 0 Å². The van der Waals surface area contributed by atoms with E-state index >= 15 is 4.39 Å². The van der Waals surface area contributed by atoms with Crippen molar-refractivity contribution in [1.82, 2.24) is 0 Å². The Morgan fingerprint density at radius 2 is 1.28 bits per heavy atom. The van der Waals surface area contributed by atoms with Crippen molar-refractivity contribution < 1.29 is 49.1 Å². The van der Waals surface area contributed by atoms with E-state index in [1.807, 2.05) is 0 Å². The van der Waals surface area contributed by atoms with Gasteiger partial charge in [0, 0.05) is 16.3 Å². The van der Waals surface area contributed by atoms with E-state index in [2.05, 4.69) is 10.6 Å². The fourth-order valence-corrected chi connectivity index (χ4v) is 3.85. The van der Waals surface area contributed by atoms with Crippen LogP contribution in [0.2, 0.25) is 5.02 Å². The van der Waals surface area contributed by atoms with E-state index in [-0.39, 0.29) is 34.0 Å². The van der Waals surface area contributed by atoms with Gasteiger partial charge in [0.2, 0.25) is 0 Å². The highest BCUT2D eigenvalue weighted by atomic mass is 35.5. The summed E-state index contributed by atoms with van der Waals surface area (Å²) in [5, 5.41) is 4.26. The van der Waals surface area contributed by atoms with Gasteiger partial charge in [-0.05, 0) is 55.3 Å². The number of hydrogen-bond donors (Lipinski definition) is 2. The van der Waals surface area contributed by atoms with Crippen LogP contribution in [0.1, 0.15) is 37.4 Å². The van der Waals surface area contributed by atoms with Crippen LogP contribution in [0, 0.1) is 25.5 Å². The number of amides is 2. The number of halogens is 10. The molecule has 0 aliphatic heterocycles. The van der Waals surface area contributed by atoms with Crippen LogP contribution in [-0.2, 0) is 5.67 Å². The van der Waals surface area contributed by atoms with Gasteiger partial charge in [-0.1, -0.05) is 29.8 Å². The molecule has 3 rings (SSSR count). The molecule has 0 bridgehead atoms. The number of anilines is 2. The lowest BCUT2D eigenvalue weighted by Crippen LogP contribution is -2.50. The third kappa shape index (κ3) is 5.68. The zero-order valence-corrected chi connectivity index (χ0v) is 20.5. The van der Waals surface area contributed by atoms with E-state index in [1.54, 1.807) is 0 Å². The Balaban J connectivity index is 1.92. The van der Waals surface area contributed by atoms with Crippen molar-refractivity contribution in [1.29, 1.82) is 0 Å². The molecule has 0 radical (unpaired) electrons. The van der Waals surface area contributed by atoms with Gasteiger partial charge in [0.05, 0.1) is 16.8 Å². The number of nitrogens with one attached hydrogen (secondary N) is 2. The molecule has 0 aliphatic carbocycles. The molecule has 0 atom stereocenters. The molecule has 3 aromatic carbocycles. The molecule has 3 aromatic rings. The second-order valence-electron chi connectivity index (χ2n) is 8.34. The summed E-state index contributed by atoms with van der Waals surface area (Å²) in [5.41, 5.74) is -10.2. The first-order valence-electron chi connectivity index (χ1n) is 10.7. The summed E-state index contributed by atoms with van der Waals surface area (Å²) in [7, 11) is 0. The third-order valence-corrected chi connectivity index (χ3v) is 5.85. The van der Waals surface area contributed by atoms with Gasteiger partial charge in [-0.3, -0.25) is 9.59 Å². The predicted octanol–water partition coefficient (Wildman–Crippen LogP) is 8.03.